The summed E-state index contributed by atoms with van der Waals surface area (Å²) in [6, 6.07) is 7.09. The van der Waals surface area contributed by atoms with Gasteiger partial charge in [-0.2, -0.15) is 5.10 Å². The van der Waals surface area contributed by atoms with Gasteiger partial charge in [0.2, 0.25) is 0 Å². The number of hydrazone groups is 1. The molecular weight excluding hydrogens is 370 g/mol. The van der Waals surface area contributed by atoms with E-state index in [0.29, 0.717) is 16.3 Å². The molecule has 1 aliphatic heterocycles. The minimum atomic E-state index is -1.16. The zero-order valence-electron chi connectivity index (χ0n) is 12.7. The third kappa shape index (κ3) is 2.72. The van der Waals surface area contributed by atoms with Gasteiger partial charge in [-0.25, -0.2) is 5.01 Å². The summed E-state index contributed by atoms with van der Waals surface area (Å²) in [6.45, 7) is 1.69. The number of carbonyl (C=O) groups is 1. The van der Waals surface area contributed by atoms with Crippen LogP contribution in [0.5, 0.6) is 0 Å². The predicted molar refractivity (Wildman–Crippen MR) is 89.9 cm³/mol. The lowest BCUT2D eigenvalue weighted by Crippen LogP contribution is -2.46. The van der Waals surface area contributed by atoms with Gasteiger partial charge in [-0.3, -0.25) is 9.00 Å². The fourth-order valence-corrected chi connectivity index (χ4v) is 3.33. The fourth-order valence-electron chi connectivity index (χ4n) is 2.18. The van der Waals surface area contributed by atoms with Crippen LogP contribution in [-0.4, -0.2) is 51.3 Å². The van der Waals surface area contributed by atoms with Crippen LogP contribution in [0.25, 0.3) is 0 Å². The standard InChI is InChI=1S/C14H16BrN3O3S/c1-9(17-21-3)14(15)12(16-18(2)13(14)19)10-5-7-11(8-6-10)22(4)20/h5-8H,1-4H3/b17-9+. The van der Waals surface area contributed by atoms with E-state index < -0.39 is 15.1 Å². The number of rotatable bonds is 4. The first-order valence-corrected chi connectivity index (χ1v) is 8.75. The van der Waals surface area contributed by atoms with Crippen molar-refractivity contribution in [3.8, 4) is 0 Å². The molecule has 0 saturated carbocycles. The Balaban J connectivity index is 2.51. The quantitative estimate of drug-likeness (QED) is 0.450. The zero-order chi connectivity index (χ0) is 16.5. The minimum Gasteiger partial charge on any atom is -0.399 e. The van der Waals surface area contributed by atoms with Crippen molar-refractivity contribution in [3.05, 3.63) is 29.8 Å². The molecule has 1 aromatic rings. The van der Waals surface area contributed by atoms with Crippen molar-refractivity contribution < 1.29 is 13.8 Å². The summed E-state index contributed by atoms with van der Waals surface area (Å²) < 4.78 is 10.3. The molecule has 2 rings (SSSR count). The number of hydrogen-bond acceptors (Lipinski definition) is 5. The number of alkyl halides is 1. The summed E-state index contributed by atoms with van der Waals surface area (Å²) in [5.41, 5.74) is 1.72. The van der Waals surface area contributed by atoms with Gasteiger partial charge in [0.25, 0.3) is 5.91 Å². The normalized spacial score (nSPS) is 23.5. The van der Waals surface area contributed by atoms with Crippen LogP contribution >= 0.6 is 15.9 Å². The number of benzene rings is 1. The average Bonchev–Trinajstić information content (AvgIpc) is 2.73. The molecule has 0 radical (unpaired) electrons. The molecule has 0 N–H and O–H groups in total. The Bertz CT molecular complexity index is 687. The average molecular weight is 386 g/mol. The second kappa shape index (κ2) is 6.29. The van der Waals surface area contributed by atoms with E-state index in [9.17, 15) is 9.00 Å². The van der Waals surface area contributed by atoms with E-state index in [0.717, 1.165) is 5.56 Å². The molecule has 6 nitrogen and oxygen atoms in total. The number of carbonyl (C=O) groups excluding carboxylic acids is 1. The molecule has 0 bridgehead atoms. The first kappa shape index (κ1) is 16.8. The Morgan fingerprint density at radius 2 is 2.00 bits per heavy atom. The summed E-state index contributed by atoms with van der Waals surface area (Å²) in [7, 11) is 1.95. The lowest BCUT2D eigenvalue weighted by molar-refractivity contribution is -0.127. The molecule has 22 heavy (non-hydrogen) atoms. The fraction of sp³-hybridized carbons (Fsp3) is 0.357. The Hall–Kier alpha value is -1.54. The van der Waals surface area contributed by atoms with Gasteiger partial charge in [-0.05, 0) is 19.1 Å². The zero-order valence-corrected chi connectivity index (χ0v) is 15.1. The molecule has 1 aliphatic rings. The molecule has 1 heterocycles. The van der Waals surface area contributed by atoms with Crippen molar-refractivity contribution in [2.75, 3.05) is 20.4 Å². The Morgan fingerprint density at radius 1 is 1.41 bits per heavy atom. The number of nitrogens with zero attached hydrogens (tertiary/aromatic N) is 3. The van der Waals surface area contributed by atoms with Crippen molar-refractivity contribution in [1.82, 2.24) is 5.01 Å². The van der Waals surface area contributed by atoms with Crippen LogP contribution in [-0.2, 0) is 20.4 Å². The van der Waals surface area contributed by atoms with Crippen molar-refractivity contribution >= 4 is 44.1 Å². The van der Waals surface area contributed by atoms with E-state index in [1.165, 1.54) is 12.1 Å². The molecule has 1 amide bonds. The topological polar surface area (TPSA) is 71.3 Å². The SMILES string of the molecule is CO/N=C(\C)C1(Br)C(=O)N(C)N=C1c1ccc(S(C)=O)cc1. The lowest BCUT2D eigenvalue weighted by Gasteiger charge is -2.21. The van der Waals surface area contributed by atoms with E-state index in [4.69, 9.17) is 4.84 Å². The molecule has 0 spiro atoms. The van der Waals surface area contributed by atoms with Gasteiger partial charge in [0, 0.05) is 34.6 Å². The summed E-state index contributed by atoms with van der Waals surface area (Å²) in [6.07, 6.45) is 1.61. The van der Waals surface area contributed by atoms with E-state index >= 15 is 0 Å². The molecule has 2 unspecified atom stereocenters. The largest absolute Gasteiger partial charge is 0.399 e. The summed E-state index contributed by atoms with van der Waals surface area (Å²) in [5.74, 6) is -0.246. The van der Waals surface area contributed by atoms with E-state index in [1.807, 2.05) is 0 Å². The molecule has 0 saturated heterocycles. The number of halogens is 1. The first-order chi connectivity index (χ1) is 10.3. The molecule has 0 aliphatic carbocycles. The number of hydrogen-bond donors (Lipinski definition) is 0. The molecular formula is C14H16BrN3O3S. The van der Waals surface area contributed by atoms with Crippen LogP contribution in [0.15, 0.2) is 39.4 Å². The third-order valence-electron chi connectivity index (χ3n) is 3.35. The molecule has 0 aromatic heterocycles. The van der Waals surface area contributed by atoms with Crippen molar-refractivity contribution in [2.24, 2.45) is 10.3 Å². The van der Waals surface area contributed by atoms with Crippen molar-refractivity contribution in [2.45, 2.75) is 16.1 Å². The Kier molecular flexibility index (Phi) is 4.81. The summed E-state index contributed by atoms with van der Waals surface area (Å²) in [4.78, 5) is 18.0. The third-order valence-corrected chi connectivity index (χ3v) is 5.58. The minimum absolute atomic E-state index is 0.246. The lowest BCUT2D eigenvalue weighted by atomic mass is 9.93. The number of amides is 1. The first-order valence-electron chi connectivity index (χ1n) is 6.40. The second-order valence-corrected chi connectivity index (χ2v) is 7.34. The number of oxime groups is 1. The highest BCUT2D eigenvalue weighted by molar-refractivity contribution is 9.11. The highest BCUT2D eigenvalue weighted by Crippen LogP contribution is 2.34. The highest BCUT2D eigenvalue weighted by atomic mass is 79.9. The van der Waals surface area contributed by atoms with E-state index in [-0.39, 0.29) is 5.91 Å². The maximum absolute atomic E-state index is 12.5. The van der Waals surface area contributed by atoms with Crippen LogP contribution in [0, 0.1) is 0 Å². The Labute approximate surface area is 139 Å². The predicted octanol–water partition coefficient (Wildman–Crippen LogP) is 1.76. The highest BCUT2D eigenvalue weighted by Gasteiger charge is 2.51. The Morgan fingerprint density at radius 3 is 2.50 bits per heavy atom. The van der Waals surface area contributed by atoms with Crippen LogP contribution in [0.3, 0.4) is 0 Å². The van der Waals surface area contributed by atoms with E-state index in [1.54, 1.807) is 44.5 Å². The second-order valence-electron chi connectivity index (χ2n) is 4.77. The van der Waals surface area contributed by atoms with Gasteiger partial charge in [-0.1, -0.05) is 33.2 Å². The monoisotopic (exact) mass is 385 g/mol. The van der Waals surface area contributed by atoms with Crippen molar-refractivity contribution in [3.63, 3.8) is 0 Å². The van der Waals surface area contributed by atoms with E-state index in [2.05, 4.69) is 26.2 Å². The van der Waals surface area contributed by atoms with Gasteiger partial charge in [0.05, 0.1) is 5.71 Å². The van der Waals surface area contributed by atoms with Gasteiger partial charge >= 0.3 is 0 Å². The molecule has 8 heteroatoms. The van der Waals surface area contributed by atoms with Crippen LogP contribution in [0.1, 0.15) is 12.5 Å². The van der Waals surface area contributed by atoms with Gasteiger partial charge < -0.3 is 4.84 Å². The van der Waals surface area contributed by atoms with Gasteiger partial charge in [0.15, 0.2) is 4.32 Å². The maximum atomic E-state index is 12.5. The summed E-state index contributed by atoms with van der Waals surface area (Å²) in [5, 5.41) is 9.46. The molecule has 0 fully saturated rings. The maximum Gasteiger partial charge on any atom is 0.271 e. The van der Waals surface area contributed by atoms with Crippen LogP contribution < -0.4 is 0 Å². The summed E-state index contributed by atoms with van der Waals surface area (Å²) >= 11 is 3.48. The van der Waals surface area contributed by atoms with Gasteiger partial charge in [0.1, 0.15) is 12.8 Å². The smallest absolute Gasteiger partial charge is 0.271 e. The molecule has 1 aromatic carbocycles. The van der Waals surface area contributed by atoms with Crippen LogP contribution in [0.2, 0.25) is 0 Å². The van der Waals surface area contributed by atoms with Crippen molar-refractivity contribution in [1.29, 1.82) is 0 Å². The molecule has 118 valence electrons. The molecule has 2 atom stereocenters. The van der Waals surface area contributed by atoms with Crippen LogP contribution in [0.4, 0.5) is 0 Å². The van der Waals surface area contributed by atoms with Gasteiger partial charge in [-0.15, -0.1) is 0 Å².